The molecular formula is C25H32S. The predicted octanol–water partition coefficient (Wildman–Crippen LogP) is 7.98. The van der Waals surface area contributed by atoms with Crippen molar-refractivity contribution >= 4 is 34.2 Å². The first-order valence-electron chi connectivity index (χ1n) is 10.4. The highest BCUT2D eigenvalue weighted by Gasteiger charge is 2.05. The van der Waals surface area contributed by atoms with Crippen LogP contribution in [0, 0.1) is 0 Å². The molecule has 0 aliphatic rings. The second kappa shape index (κ2) is 10.6. The third-order valence-corrected chi connectivity index (χ3v) is 5.77. The van der Waals surface area contributed by atoms with Crippen LogP contribution < -0.4 is 0 Å². The normalized spacial score (nSPS) is 11.4. The fraction of sp³-hybridized carbons (Fsp3) is 0.440. The smallest absolute Gasteiger partial charge is 0.00979 e. The van der Waals surface area contributed by atoms with Gasteiger partial charge < -0.3 is 0 Å². The van der Waals surface area contributed by atoms with Crippen LogP contribution in [0.2, 0.25) is 0 Å². The van der Waals surface area contributed by atoms with E-state index in [1.54, 1.807) is 0 Å². The molecule has 26 heavy (non-hydrogen) atoms. The molecule has 138 valence electrons. The lowest BCUT2D eigenvalue weighted by Gasteiger charge is -2.10. The van der Waals surface area contributed by atoms with Crippen LogP contribution in [-0.2, 0) is 6.42 Å². The van der Waals surface area contributed by atoms with Crippen LogP contribution in [0.5, 0.6) is 0 Å². The van der Waals surface area contributed by atoms with Crippen LogP contribution in [0.25, 0.3) is 21.5 Å². The lowest BCUT2D eigenvalue weighted by molar-refractivity contribution is 0.566. The number of thiol groups is 1. The van der Waals surface area contributed by atoms with Crippen molar-refractivity contribution in [3.8, 4) is 0 Å². The molecule has 3 rings (SSSR count). The third-order valence-electron chi connectivity index (χ3n) is 5.46. The summed E-state index contributed by atoms with van der Waals surface area (Å²) in [5.74, 6) is 1.05. The summed E-state index contributed by atoms with van der Waals surface area (Å²) < 4.78 is 0. The van der Waals surface area contributed by atoms with E-state index >= 15 is 0 Å². The second-order valence-electron chi connectivity index (χ2n) is 7.46. The van der Waals surface area contributed by atoms with E-state index in [2.05, 4.69) is 67.2 Å². The number of hydrogen-bond donors (Lipinski definition) is 1. The van der Waals surface area contributed by atoms with Gasteiger partial charge in [0.25, 0.3) is 0 Å². The van der Waals surface area contributed by atoms with Crippen molar-refractivity contribution in [3.63, 3.8) is 0 Å². The van der Waals surface area contributed by atoms with E-state index in [1.807, 2.05) is 0 Å². The summed E-state index contributed by atoms with van der Waals surface area (Å²) >= 11 is 4.27. The number of rotatable bonds is 11. The molecule has 0 unspecified atom stereocenters. The van der Waals surface area contributed by atoms with Gasteiger partial charge in [-0.3, -0.25) is 0 Å². The highest BCUT2D eigenvalue weighted by Crippen LogP contribution is 2.29. The minimum absolute atomic E-state index is 1.05. The third kappa shape index (κ3) is 5.27. The van der Waals surface area contributed by atoms with E-state index in [0.29, 0.717) is 0 Å². The van der Waals surface area contributed by atoms with Gasteiger partial charge in [0, 0.05) is 0 Å². The van der Waals surface area contributed by atoms with Crippen molar-refractivity contribution in [1.29, 1.82) is 0 Å². The van der Waals surface area contributed by atoms with Gasteiger partial charge in [-0.15, -0.1) is 0 Å². The first-order chi connectivity index (χ1) is 12.9. The van der Waals surface area contributed by atoms with Gasteiger partial charge in [-0.1, -0.05) is 99.5 Å². The van der Waals surface area contributed by atoms with Gasteiger partial charge in [-0.05, 0) is 52.1 Å². The van der Waals surface area contributed by atoms with Crippen LogP contribution in [0.4, 0.5) is 0 Å². The zero-order valence-corrected chi connectivity index (χ0v) is 16.8. The summed E-state index contributed by atoms with van der Waals surface area (Å²) in [6.07, 6.45) is 13.5. The van der Waals surface area contributed by atoms with Gasteiger partial charge in [-0.25, -0.2) is 0 Å². The molecule has 0 bridgehead atoms. The largest absolute Gasteiger partial charge is 0.179 e. The molecule has 0 fully saturated rings. The molecule has 0 amide bonds. The Kier molecular flexibility index (Phi) is 7.88. The van der Waals surface area contributed by atoms with Gasteiger partial charge in [0.2, 0.25) is 0 Å². The Labute approximate surface area is 164 Å². The fourth-order valence-electron chi connectivity index (χ4n) is 4.00. The Morgan fingerprint density at radius 2 is 1.08 bits per heavy atom. The standard InChI is InChI=1S/C25H32S/c26-19-13-7-5-3-1-2-4-6-8-14-21-20-22-15-9-10-16-23(22)25-18-12-11-17-24(21)25/h9-12,15-18,20,26H,1-8,13-14,19H2. The van der Waals surface area contributed by atoms with Gasteiger partial charge in [-0.2, -0.15) is 12.6 Å². The molecule has 0 aliphatic heterocycles. The SMILES string of the molecule is SCCCCCCCCCCCc1cc2ccccc2c2ccccc12. The van der Waals surface area contributed by atoms with Gasteiger partial charge >= 0.3 is 0 Å². The van der Waals surface area contributed by atoms with Crippen LogP contribution in [0.15, 0.2) is 54.6 Å². The van der Waals surface area contributed by atoms with Crippen molar-refractivity contribution < 1.29 is 0 Å². The van der Waals surface area contributed by atoms with E-state index < -0.39 is 0 Å². The minimum Gasteiger partial charge on any atom is -0.179 e. The van der Waals surface area contributed by atoms with Crippen LogP contribution >= 0.6 is 12.6 Å². The summed E-state index contributed by atoms with van der Waals surface area (Å²) in [7, 11) is 0. The average molecular weight is 365 g/mol. The van der Waals surface area contributed by atoms with E-state index in [4.69, 9.17) is 0 Å². The summed E-state index contributed by atoms with van der Waals surface area (Å²) in [4.78, 5) is 0. The summed E-state index contributed by atoms with van der Waals surface area (Å²) in [6, 6.07) is 20.1. The molecule has 1 heteroatoms. The molecule has 0 spiro atoms. The zero-order chi connectivity index (χ0) is 18.0. The Morgan fingerprint density at radius 1 is 0.538 bits per heavy atom. The number of aryl methyl sites for hydroxylation is 1. The van der Waals surface area contributed by atoms with Crippen LogP contribution in [0.1, 0.15) is 63.4 Å². The predicted molar refractivity (Wildman–Crippen MR) is 121 cm³/mol. The molecule has 0 heterocycles. The van der Waals surface area contributed by atoms with Gasteiger partial charge in [0.05, 0.1) is 0 Å². The van der Waals surface area contributed by atoms with E-state index in [9.17, 15) is 0 Å². The molecule has 3 aromatic rings. The number of benzene rings is 3. The maximum atomic E-state index is 4.27. The van der Waals surface area contributed by atoms with E-state index in [0.717, 1.165) is 5.75 Å². The minimum atomic E-state index is 1.05. The molecule has 0 saturated heterocycles. The topological polar surface area (TPSA) is 0 Å². The Hall–Kier alpha value is -1.47. The van der Waals surface area contributed by atoms with Crippen LogP contribution in [-0.4, -0.2) is 5.75 Å². The molecule has 0 radical (unpaired) electrons. The van der Waals surface area contributed by atoms with E-state index in [1.165, 1.54) is 91.3 Å². The van der Waals surface area contributed by atoms with Gasteiger partial charge in [0.1, 0.15) is 0 Å². The molecule has 0 saturated carbocycles. The van der Waals surface area contributed by atoms with Crippen molar-refractivity contribution in [1.82, 2.24) is 0 Å². The Bertz CT molecular complexity index is 805. The molecule has 0 N–H and O–H groups in total. The van der Waals surface area contributed by atoms with Gasteiger partial charge in [0.15, 0.2) is 0 Å². The quantitative estimate of drug-likeness (QED) is 0.199. The van der Waals surface area contributed by atoms with E-state index in [-0.39, 0.29) is 0 Å². The Balaban J connectivity index is 1.50. The number of hydrogen-bond acceptors (Lipinski definition) is 1. The molecule has 3 aromatic carbocycles. The molecule has 0 aromatic heterocycles. The summed E-state index contributed by atoms with van der Waals surface area (Å²) in [5.41, 5.74) is 1.52. The van der Waals surface area contributed by atoms with Crippen molar-refractivity contribution in [3.05, 3.63) is 60.2 Å². The molecular weight excluding hydrogens is 332 g/mol. The maximum absolute atomic E-state index is 4.27. The lowest BCUT2D eigenvalue weighted by Crippen LogP contribution is -1.90. The number of unbranched alkanes of at least 4 members (excludes halogenated alkanes) is 8. The maximum Gasteiger partial charge on any atom is -0.00979 e. The number of fused-ring (bicyclic) bond motifs is 3. The monoisotopic (exact) mass is 364 g/mol. The lowest BCUT2D eigenvalue weighted by atomic mass is 9.94. The van der Waals surface area contributed by atoms with Crippen LogP contribution in [0.3, 0.4) is 0 Å². The van der Waals surface area contributed by atoms with Crippen molar-refractivity contribution in [2.24, 2.45) is 0 Å². The Morgan fingerprint density at radius 3 is 1.77 bits per heavy atom. The second-order valence-corrected chi connectivity index (χ2v) is 7.91. The first kappa shape index (κ1) is 19.3. The van der Waals surface area contributed by atoms with Crippen molar-refractivity contribution in [2.75, 3.05) is 5.75 Å². The highest BCUT2D eigenvalue weighted by molar-refractivity contribution is 7.80. The average Bonchev–Trinajstić information content (AvgIpc) is 2.69. The molecule has 0 atom stereocenters. The zero-order valence-electron chi connectivity index (χ0n) is 15.9. The first-order valence-corrected chi connectivity index (χ1v) is 11.0. The highest BCUT2D eigenvalue weighted by atomic mass is 32.1. The molecule has 0 aliphatic carbocycles. The molecule has 0 nitrogen and oxygen atoms in total. The fourth-order valence-corrected chi connectivity index (χ4v) is 4.23. The van der Waals surface area contributed by atoms with Crippen molar-refractivity contribution in [2.45, 2.75) is 64.2 Å². The summed E-state index contributed by atoms with van der Waals surface area (Å²) in [5, 5.41) is 5.60. The summed E-state index contributed by atoms with van der Waals surface area (Å²) in [6.45, 7) is 0.